The summed E-state index contributed by atoms with van der Waals surface area (Å²) in [5.74, 6) is 5.77. The number of halogens is 1. The summed E-state index contributed by atoms with van der Waals surface area (Å²) < 4.78 is 1.04. The van der Waals surface area contributed by atoms with Crippen molar-refractivity contribution in [2.75, 3.05) is 5.43 Å². The normalized spacial score (nSPS) is 14.6. The summed E-state index contributed by atoms with van der Waals surface area (Å²) in [7, 11) is 0. The van der Waals surface area contributed by atoms with Crippen molar-refractivity contribution in [3.05, 3.63) is 33.4 Å². The highest BCUT2D eigenvalue weighted by Gasteiger charge is 2.19. The number of hydrazine groups is 1. The lowest BCUT2D eigenvalue weighted by molar-refractivity contribution is 0.672. The summed E-state index contributed by atoms with van der Waals surface area (Å²) in [5, 5.41) is 1.15. The van der Waals surface area contributed by atoms with Crippen molar-refractivity contribution >= 4 is 32.5 Å². The van der Waals surface area contributed by atoms with E-state index in [9.17, 15) is 0 Å². The van der Waals surface area contributed by atoms with Crippen LogP contribution in [0.5, 0.6) is 0 Å². The first kappa shape index (κ1) is 11.9. The molecule has 1 heterocycles. The van der Waals surface area contributed by atoms with Gasteiger partial charge >= 0.3 is 0 Å². The fraction of sp³-hybridized carbons (Fsp3) is 0.357. The molecule has 3 rings (SSSR count). The van der Waals surface area contributed by atoms with Crippen LogP contribution in [0.3, 0.4) is 0 Å². The molecule has 3 nitrogen and oxygen atoms in total. The molecule has 2 aromatic rings. The van der Waals surface area contributed by atoms with Gasteiger partial charge in [0.1, 0.15) is 0 Å². The van der Waals surface area contributed by atoms with E-state index < -0.39 is 0 Å². The first-order valence-corrected chi connectivity index (χ1v) is 7.09. The van der Waals surface area contributed by atoms with Crippen molar-refractivity contribution in [2.45, 2.75) is 32.6 Å². The van der Waals surface area contributed by atoms with Crippen LogP contribution in [0, 0.1) is 6.92 Å². The predicted octanol–water partition coefficient (Wildman–Crippen LogP) is 3.47. The Morgan fingerprint density at radius 1 is 1.28 bits per heavy atom. The Morgan fingerprint density at radius 2 is 2.06 bits per heavy atom. The lowest BCUT2D eigenvalue weighted by Crippen LogP contribution is -2.15. The number of aryl methyl sites for hydroxylation is 2. The van der Waals surface area contributed by atoms with Crippen LogP contribution in [0.25, 0.3) is 10.9 Å². The molecule has 1 aliphatic carbocycles. The van der Waals surface area contributed by atoms with E-state index in [0.717, 1.165) is 33.9 Å². The van der Waals surface area contributed by atoms with E-state index >= 15 is 0 Å². The van der Waals surface area contributed by atoms with Crippen LogP contribution in [0.4, 0.5) is 5.69 Å². The second kappa shape index (κ2) is 4.52. The summed E-state index contributed by atoms with van der Waals surface area (Å²) in [6.07, 6.45) is 4.57. The van der Waals surface area contributed by atoms with E-state index in [-0.39, 0.29) is 0 Å². The molecular formula is C14H16BrN3. The second-order valence-corrected chi connectivity index (χ2v) is 5.71. The Labute approximate surface area is 115 Å². The van der Waals surface area contributed by atoms with Crippen molar-refractivity contribution in [2.24, 2.45) is 5.84 Å². The molecule has 3 N–H and O–H groups in total. The highest BCUT2D eigenvalue weighted by molar-refractivity contribution is 9.10. The van der Waals surface area contributed by atoms with Gasteiger partial charge in [-0.15, -0.1) is 0 Å². The molecule has 0 spiro atoms. The number of pyridine rings is 1. The number of hydrogen-bond donors (Lipinski definition) is 2. The quantitative estimate of drug-likeness (QED) is 0.626. The lowest BCUT2D eigenvalue weighted by Gasteiger charge is -2.21. The molecule has 0 amide bonds. The van der Waals surface area contributed by atoms with E-state index in [1.54, 1.807) is 0 Å². The van der Waals surface area contributed by atoms with Gasteiger partial charge in [-0.3, -0.25) is 10.8 Å². The second-order valence-electron chi connectivity index (χ2n) is 4.85. The van der Waals surface area contributed by atoms with Crippen molar-refractivity contribution in [1.29, 1.82) is 0 Å². The van der Waals surface area contributed by atoms with Gasteiger partial charge in [-0.05, 0) is 65.7 Å². The molecule has 0 unspecified atom stereocenters. The summed E-state index contributed by atoms with van der Waals surface area (Å²) in [5.41, 5.74) is 8.70. The van der Waals surface area contributed by atoms with Gasteiger partial charge in [0, 0.05) is 15.6 Å². The van der Waals surface area contributed by atoms with Crippen LogP contribution in [0.1, 0.15) is 29.7 Å². The van der Waals surface area contributed by atoms with Crippen LogP contribution in [0.15, 0.2) is 16.6 Å². The molecule has 18 heavy (non-hydrogen) atoms. The number of aromatic nitrogens is 1. The number of nitrogens with one attached hydrogen (secondary N) is 1. The number of nitrogens with zero attached hydrogens (tertiary/aromatic N) is 1. The van der Waals surface area contributed by atoms with Crippen LogP contribution in [-0.2, 0) is 12.8 Å². The number of fused-ring (bicyclic) bond motifs is 2. The highest BCUT2D eigenvalue weighted by atomic mass is 79.9. The maximum Gasteiger partial charge on any atom is 0.0871 e. The van der Waals surface area contributed by atoms with Gasteiger partial charge in [0.05, 0.1) is 11.2 Å². The van der Waals surface area contributed by atoms with Crippen LogP contribution < -0.4 is 11.3 Å². The van der Waals surface area contributed by atoms with E-state index in [1.165, 1.54) is 29.7 Å². The molecule has 1 aliphatic rings. The van der Waals surface area contributed by atoms with Crippen LogP contribution in [-0.4, -0.2) is 4.98 Å². The molecule has 0 radical (unpaired) electrons. The van der Waals surface area contributed by atoms with Gasteiger partial charge in [0.15, 0.2) is 0 Å². The molecule has 1 aromatic carbocycles. The Morgan fingerprint density at radius 3 is 2.83 bits per heavy atom. The maximum absolute atomic E-state index is 5.77. The summed E-state index contributed by atoms with van der Waals surface area (Å²) >= 11 is 3.59. The number of benzene rings is 1. The fourth-order valence-corrected chi connectivity index (χ4v) is 3.24. The Kier molecular flexibility index (Phi) is 2.99. The van der Waals surface area contributed by atoms with Gasteiger partial charge in [-0.2, -0.15) is 0 Å². The third-order valence-corrected chi connectivity index (χ3v) is 4.36. The summed E-state index contributed by atoms with van der Waals surface area (Å²) in [6.45, 7) is 2.10. The van der Waals surface area contributed by atoms with E-state index in [4.69, 9.17) is 10.8 Å². The number of hydrogen-bond acceptors (Lipinski definition) is 3. The first-order valence-electron chi connectivity index (χ1n) is 6.29. The average Bonchev–Trinajstić information content (AvgIpc) is 2.41. The zero-order valence-electron chi connectivity index (χ0n) is 10.4. The first-order chi connectivity index (χ1) is 8.72. The lowest BCUT2D eigenvalue weighted by atomic mass is 9.92. The van der Waals surface area contributed by atoms with E-state index in [1.807, 2.05) is 0 Å². The topological polar surface area (TPSA) is 50.9 Å². The zero-order valence-corrected chi connectivity index (χ0v) is 12.0. The number of nitrogen functional groups attached to an aromatic ring is 1. The number of rotatable bonds is 1. The minimum atomic E-state index is 1.02. The molecule has 94 valence electrons. The number of anilines is 1. The summed E-state index contributed by atoms with van der Waals surface area (Å²) in [4.78, 5) is 4.84. The average molecular weight is 306 g/mol. The minimum Gasteiger partial charge on any atom is -0.323 e. The fourth-order valence-electron chi connectivity index (χ4n) is 2.82. The molecule has 0 atom stereocenters. The Hall–Kier alpha value is -1.13. The van der Waals surface area contributed by atoms with Gasteiger partial charge in [0.2, 0.25) is 0 Å². The van der Waals surface area contributed by atoms with Gasteiger partial charge < -0.3 is 5.43 Å². The van der Waals surface area contributed by atoms with Crippen molar-refractivity contribution in [1.82, 2.24) is 4.98 Å². The maximum atomic E-state index is 5.77. The molecule has 0 aliphatic heterocycles. The smallest absolute Gasteiger partial charge is 0.0871 e. The minimum absolute atomic E-state index is 1.02. The number of nitrogens with two attached hydrogens (primary N) is 1. The van der Waals surface area contributed by atoms with Gasteiger partial charge in [-0.1, -0.05) is 6.07 Å². The molecule has 0 saturated carbocycles. The molecule has 4 heteroatoms. The van der Waals surface area contributed by atoms with E-state index in [0.29, 0.717) is 0 Å². The zero-order chi connectivity index (χ0) is 12.7. The predicted molar refractivity (Wildman–Crippen MR) is 78.6 cm³/mol. The Bertz CT molecular complexity index is 622. The van der Waals surface area contributed by atoms with Crippen LogP contribution in [0.2, 0.25) is 0 Å². The third kappa shape index (κ3) is 1.71. The molecule has 1 aromatic heterocycles. The summed E-state index contributed by atoms with van der Waals surface area (Å²) in [6, 6.07) is 4.16. The molecule has 0 bridgehead atoms. The standard InChI is InChI=1S/C14H16BrN3/c1-8-6-7-10(15)14-12(8)13(18-16)9-4-2-3-5-11(9)17-14/h6-7H,2-5,16H2,1H3,(H,17,18). The monoisotopic (exact) mass is 305 g/mol. The third-order valence-electron chi connectivity index (χ3n) is 3.72. The van der Waals surface area contributed by atoms with Crippen molar-refractivity contribution < 1.29 is 0 Å². The van der Waals surface area contributed by atoms with E-state index in [2.05, 4.69) is 40.4 Å². The van der Waals surface area contributed by atoms with Gasteiger partial charge in [0.25, 0.3) is 0 Å². The van der Waals surface area contributed by atoms with Crippen molar-refractivity contribution in [3.8, 4) is 0 Å². The largest absolute Gasteiger partial charge is 0.323 e. The molecule has 0 saturated heterocycles. The Balaban J connectivity index is 2.44. The van der Waals surface area contributed by atoms with Gasteiger partial charge in [-0.25, -0.2) is 0 Å². The van der Waals surface area contributed by atoms with Crippen LogP contribution >= 0.6 is 15.9 Å². The molecular weight excluding hydrogens is 290 g/mol. The highest BCUT2D eigenvalue weighted by Crippen LogP contribution is 2.37. The SMILES string of the molecule is Cc1ccc(Br)c2nc3c(c(NN)c12)CCCC3. The molecule has 0 fully saturated rings. The van der Waals surface area contributed by atoms with Crippen molar-refractivity contribution in [3.63, 3.8) is 0 Å².